The number of alkyl halides is 1. The summed E-state index contributed by atoms with van der Waals surface area (Å²) in [5, 5.41) is 0. The Hall–Kier alpha value is -1.87. The first kappa shape index (κ1) is 13.6. The van der Waals surface area contributed by atoms with Gasteiger partial charge in [0.2, 0.25) is 0 Å². The first-order chi connectivity index (χ1) is 9.17. The first-order valence-corrected chi connectivity index (χ1v) is 6.41. The van der Waals surface area contributed by atoms with Gasteiger partial charge in [0.15, 0.2) is 5.69 Å². The molecule has 0 aliphatic carbocycles. The highest BCUT2D eigenvalue weighted by atomic mass is 35.5. The van der Waals surface area contributed by atoms with Crippen molar-refractivity contribution < 1.29 is 9.53 Å². The first-order valence-electron chi connectivity index (χ1n) is 5.87. The Bertz CT molecular complexity index is 597. The fourth-order valence-corrected chi connectivity index (χ4v) is 2.08. The summed E-state index contributed by atoms with van der Waals surface area (Å²) in [5.74, 6) is -0.189. The van der Waals surface area contributed by atoms with E-state index in [1.165, 1.54) is 7.11 Å². The van der Waals surface area contributed by atoms with E-state index in [0.29, 0.717) is 11.4 Å². The van der Waals surface area contributed by atoms with Gasteiger partial charge >= 0.3 is 5.97 Å². The van der Waals surface area contributed by atoms with Gasteiger partial charge in [0.25, 0.3) is 0 Å². The van der Waals surface area contributed by atoms with Crippen LogP contribution >= 0.6 is 11.6 Å². The Balaban J connectivity index is 2.64. The van der Waals surface area contributed by atoms with Gasteiger partial charge < -0.3 is 4.74 Å². The molecule has 2 aromatic rings. The van der Waals surface area contributed by atoms with E-state index in [-0.39, 0.29) is 5.88 Å². The summed E-state index contributed by atoms with van der Waals surface area (Å²) in [6, 6.07) is 11.7. The van der Waals surface area contributed by atoms with Gasteiger partial charge in [-0.25, -0.2) is 9.78 Å². The molecule has 2 rings (SSSR count). The van der Waals surface area contributed by atoms with Crippen LogP contribution in [-0.2, 0) is 10.6 Å². The number of carbonyl (C=O) groups excluding carboxylic acids is 1. The van der Waals surface area contributed by atoms with E-state index in [4.69, 9.17) is 16.3 Å². The summed E-state index contributed by atoms with van der Waals surface area (Å²) in [5.41, 5.74) is 3.75. The van der Waals surface area contributed by atoms with Crippen LogP contribution in [0.1, 0.15) is 21.7 Å². The van der Waals surface area contributed by atoms with Crippen molar-refractivity contribution in [3.8, 4) is 11.1 Å². The van der Waals surface area contributed by atoms with Crippen LogP contribution < -0.4 is 0 Å². The summed E-state index contributed by atoms with van der Waals surface area (Å²) >= 11 is 5.84. The van der Waals surface area contributed by atoms with Crippen LogP contribution in [0.4, 0.5) is 0 Å². The molecule has 0 spiro atoms. The van der Waals surface area contributed by atoms with Crippen LogP contribution in [0.5, 0.6) is 0 Å². The third-order valence-corrected chi connectivity index (χ3v) is 3.20. The zero-order valence-electron chi connectivity index (χ0n) is 10.8. The largest absolute Gasteiger partial charge is 0.464 e. The molecule has 19 heavy (non-hydrogen) atoms. The lowest BCUT2D eigenvalue weighted by molar-refractivity contribution is 0.0593. The number of esters is 1. The maximum absolute atomic E-state index is 11.8. The number of carbonyl (C=O) groups is 1. The maximum Gasteiger partial charge on any atom is 0.356 e. The molecule has 0 fully saturated rings. The van der Waals surface area contributed by atoms with E-state index in [9.17, 15) is 4.79 Å². The molecular formula is C15H14ClNO2. The number of benzene rings is 1. The number of nitrogens with zero attached hydrogens (tertiary/aromatic N) is 1. The molecule has 0 atom stereocenters. The average Bonchev–Trinajstić information content (AvgIpc) is 2.47. The molecule has 0 N–H and O–H groups in total. The van der Waals surface area contributed by atoms with Gasteiger partial charge in [-0.15, -0.1) is 11.6 Å². The standard InChI is InChI=1S/C15H14ClNO2/c1-10-13(11-6-4-3-5-7-11)8-12(9-16)17-14(10)15(18)19-2/h3-8H,9H2,1-2H3. The lowest BCUT2D eigenvalue weighted by Crippen LogP contribution is -2.09. The summed E-state index contributed by atoms with van der Waals surface area (Å²) in [6.07, 6.45) is 0. The van der Waals surface area contributed by atoms with E-state index in [2.05, 4.69) is 4.98 Å². The molecule has 0 saturated heterocycles. The summed E-state index contributed by atoms with van der Waals surface area (Å²) in [4.78, 5) is 16.0. The molecule has 98 valence electrons. The van der Waals surface area contributed by atoms with Gasteiger partial charge in [-0.1, -0.05) is 30.3 Å². The molecule has 0 aliphatic rings. The van der Waals surface area contributed by atoms with Crippen molar-refractivity contribution in [2.24, 2.45) is 0 Å². The molecule has 1 heterocycles. The third-order valence-electron chi connectivity index (χ3n) is 2.93. The number of rotatable bonds is 3. The molecule has 3 nitrogen and oxygen atoms in total. The SMILES string of the molecule is COC(=O)c1nc(CCl)cc(-c2ccccc2)c1C. The third kappa shape index (κ3) is 2.76. The van der Waals surface area contributed by atoms with E-state index in [1.807, 2.05) is 43.3 Å². The number of halogens is 1. The molecule has 0 aliphatic heterocycles. The molecule has 1 aromatic carbocycles. The lowest BCUT2D eigenvalue weighted by Gasteiger charge is -2.11. The fraction of sp³-hybridized carbons (Fsp3) is 0.200. The van der Waals surface area contributed by atoms with Gasteiger partial charge in [0.1, 0.15) is 0 Å². The maximum atomic E-state index is 11.8. The van der Waals surface area contributed by atoms with Gasteiger partial charge in [-0.2, -0.15) is 0 Å². The minimum absolute atomic E-state index is 0.254. The second-order valence-corrected chi connectivity index (χ2v) is 4.39. The van der Waals surface area contributed by atoms with Gasteiger partial charge in [0, 0.05) is 0 Å². The van der Waals surface area contributed by atoms with Crippen LogP contribution in [0, 0.1) is 6.92 Å². The number of methoxy groups -OCH3 is 1. The summed E-state index contributed by atoms with van der Waals surface area (Å²) in [6.45, 7) is 1.86. The van der Waals surface area contributed by atoms with E-state index in [1.54, 1.807) is 0 Å². The Morgan fingerprint density at radius 2 is 2.00 bits per heavy atom. The molecule has 0 bridgehead atoms. The van der Waals surface area contributed by atoms with Crippen LogP contribution in [0.25, 0.3) is 11.1 Å². The van der Waals surface area contributed by atoms with E-state index in [0.717, 1.165) is 16.7 Å². The minimum atomic E-state index is -0.443. The second kappa shape index (κ2) is 5.85. The van der Waals surface area contributed by atoms with Crippen molar-refractivity contribution >= 4 is 17.6 Å². The number of hydrogen-bond donors (Lipinski definition) is 0. The van der Waals surface area contributed by atoms with Gasteiger partial charge in [-0.05, 0) is 29.7 Å². The zero-order chi connectivity index (χ0) is 13.8. The van der Waals surface area contributed by atoms with E-state index < -0.39 is 5.97 Å². The molecular weight excluding hydrogens is 262 g/mol. The Kier molecular flexibility index (Phi) is 4.17. The van der Waals surface area contributed by atoms with Crippen molar-refractivity contribution in [1.82, 2.24) is 4.98 Å². The second-order valence-electron chi connectivity index (χ2n) is 4.13. The van der Waals surface area contributed by atoms with Crippen molar-refractivity contribution in [2.75, 3.05) is 7.11 Å². The molecule has 0 amide bonds. The fourth-order valence-electron chi connectivity index (χ4n) is 1.94. The number of ether oxygens (including phenoxy) is 1. The molecule has 1 aromatic heterocycles. The predicted octanol–water partition coefficient (Wildman–Crippen LogP) is 3.58. The molecule has 0 unspecified atom stereocenters. The van der Waals surface area contributed by atoms with Crippen LogP contribution in [0.15, 0.2) is 36.4 Å². The highest BCUT2D eigenvalue weighted by molar-refractivity contribution is 6.17. The summed E-state index contributed by atoms with van der Waals surface area (Å²) < 4.78 is 4.76. The van der Waals surface area contributed by atoms with Gasteiger partial charge in [0.05, 0.1) is 18.7 Å². The molecule has 4 heteroatoms. The van der Waals surface area contributed by atoms with Crippen LogP contribution in [-0.4, -0.2) is 18.1 Å². The predicted molar refractivity (Wildman–Crippen MR) is 75.3 cm³/mol. The number of hydrogen-bond acceptors (Lipinski definition) is 3. The monoisotopic (exact) mass is 275 g/mol. The Labute approximate surface area is 117 Å². The average molecular weight is 276 g/mol. The van der Waals surface area contributed by atoms with Crippen molar-refractivity contribution in [1.29, 1.82) is 0 Å². The topological polar surface area (TPSA) is 39.2 Å². The normalized spacial score (nSPS) is 10.3. The Morgan fingerprint density at radius 3 is 2.58 bits per heavy atom. The van der Waals surface area contributed by atoms with E-state index >= 15 is 0 Å². The van der Waals surface area contributed by atoms with Crippen molar-refractivity contribution in [2.45, 2.75) is 12.8 Å². The quantitative estimate of drug-likeness (QED) is 0.635. The lowest BCUT2D eigenvalue weighted by atomic mass is 9.99. The van der Waals surface area contributed by atoms with Crippen molar-refractivity contribution in [3.05, 3.63) is 53.3 Å². The van der Waals surface area contributed by atoms with Crippen LogP contribution in [0.3, 0.4) is 0 Å². The van der Waals surface area contributed by atoms with Crippen molar-refractivity contribution in [3.63, 3.8) is 0 Å². The highest BCUT2D eigenvalue weighted by Crippen LogP contribution is 2.26. The highest BCUT2D eigenvalue weighted by Gasteiger charge is 2.16. The van der Waals surface area contributed by atoms with Crippen LogP contribution in [0.2, 0.25) is 0 Å². The Morgan fingerprint density at radius 1 is 1.32 bits per heavy atom. The number of pyridine rings is 1. The smallest absolute Gasteiger partial charge is 0.356 e. The molecule has 0 saturated carbocycles. The number of aromatic nitrogens is 1. The summed E-state index contributed by atoms with van der Waals surface area (Å²) in [7, 11) is 1.35. The molecule has 0 radical (unpaired) electrons. The minimum Gasteiger partial charge on any atom is -0.464 e. The van der Waals surface area contributed by atoms with Gasteiger partial charge in [-0.3, -0.25) is 0 Å². The zero-order valence-corrected chi connectivity index (χ0v) is 11.6.